The molecule has 5 heteroatoms. The van der Waals surface area contributed by atoms with Gasteiger partial charge in [0.15, 0.2) is 0 Å². The van der Waals surface area contributed by atoms with Crippen molar-refractivity contribution in [3.8, 4) is 0 Å². The van der Waals surface area contributed by atoms with Crippen molar-refractivity contribution in [2.45, 2.75) is 33.7 Å². The van der Waals surface area contributed by atoms with Crippen LogP contribution in [0.1, 0.15) is 24.7 Å². The molecule has 0 atom stereocenters. The molecule has 0 aromatic carbocycles. The molecule has 98 valence electrons. The molecule has 0 saturated heterocycles. The molecule has 0 bridgehead atoms. The summed E-state index contributed by atoms with van der Waals surface area (Å²) < 4.78 is 8.43. The van der Waals surface area contributed by atoms with E-state index < -0.39 is 0 Å². The quantitative estimate of drug-likeness (QED) is 0.749. The number of nitrogens with one attached hydrogen (secondary N) is 1. The van der Waals surface area contributed by atoms with Crippen LogP contribution in [-0.4, -0.2) is 36.1 Å². The second-order valence-electron chi connectivity index (χ2n) is 4.01. The lowest BCUT2D eigenvalue weighted by Gasteiger charge is -2.06. The summed E-state index contributed by atoms with van der Waals surface area (Å²) in [4.78, 5) is 0. The zero-order valence-corrected chi connectivity index (χ0v) is 12.5. The first-order valence-electron chi connectivity index (χ1n) is 6.14. The molecule has 0 aliphatic heterocycles. The Bertz CT molecular complexity index is 339. The van der Waals surface area contributed by atoms with E-state index in [2.05, 4.69) is 33.3 Å². The van der Waals surface area contributed by atoms with E-state index in [0.29, 0.717) is 0 Å². The van der Waals surface area contributed by atoms with Crippen molar-refractivity contribution in [1.29, 1.82) is 0 Å². The average Bonchev–Trinajstić information content (AvgIpc) is 2.56. The van der Waals surface area contributed by atoms with Crippen LogP contribution in [-0.2, 0) is 11.3 Å². The maximum Gasteiger partial charge on any atom is 0.0738 e. The third-order valence-corrected chi connectivity index (χ3v) is 3.79. The van der Waals surface area contributed by atoms with Crippen LogP contribution in [0, 0.1) is 13.8 Å². The number of aryl methyl sites for hydroxylation is 1. The molecular formula is C12H22BrN3O. The molecule has 4 nitrogen and oxygen atoms in total. The summed E-state index contributed by atoms with van der Waals surface area (Å²) in [5.74, 6) is 0. The van der Waals surface area contributed by atoms with Gasteiger partial charge in [0.1, 0.15) is 0 Å². The van der Waals surface area contributed by atoms with E-state index in [0.717, 1.165) is 49.4 Å². The number of hydrogen-bond acceptors (Lipinski definition) is 3. The first-order valence-corrected chi connectivity index (χ1v) is 6.94. The minimum Gasteiger partial charge on any atom is -0.382 e. The predicted molar refractivity (Wildman–Crippen MR) is 73.4 cm³/mol. The molecule has 0 radical (unpaired) electrons. The number of hydrogen-bond donors (Lipinski definition) is 1. The van der Waals surface area contributed by atoms with Crippen LogP contribution >= 0.6 is 15.9 Å². The van der Waals surface area contributed by atoms with Crippen LogP contribution in [0.4, 0.5) is 0 Å². The summed E-state index contributed by atoms with van der Waals surface area (Å²) in [6.45, 7) is 10.6. The second-order valence-corrected chi connectivity index (χ2v) is 4.80. The fourth-order valence-corrected chi connectivity index (χ4v) is 1.93. The van der Waals surface area contributed by atoms with Crippen LogP contribution in [0.5, 0.6) is 0 Å². The Morgan fingerprint density at radius 3 is 2.71 bits per heavy atom. The fraction of sp³-hybridized carbons (Fsp3) is 0.750. The number of aromatic nitrogens is 2. The number of halogens is 1. The maximum absolute atomic E-state index is 5.27. The molecule has 0 aliphatic carbocycles. The minimum absolute atomic E-state index is 0.805. The molecule has 1 heterocycles. The maximum atomic E-state index is 5.27. The number of ether oxygens (including phenoxy) is 1. The van der Waals surface area contributed by atoms with Gasteiger partial charge in [0, 0.05) is 25.5 Å². The third kappa shape index (κ3) is 4.77. The Labute approximate surface area is 112 Å². The van der Waals surface area contributed by atoms with Crippen LogP contribution in [0.2, 0.25) is 0 Å². The summed E-state index contributed by atoms with van der Waals surface area (Å²) in [6, 6.07) is 0. The van der Waals surface area contributed by atoms with Gasteiger partial charge in [-0.3, -0.25) is 4.68 Å². The molecule has 0 saturated carbocycles. The van der Waals surface area contributed by atoms with Gasteiger partial charge in [0.2, 0.25) is 0 Å². The van der Waals surface area contributed by atoms with Crippen LogP contribution in [0.25, 0.3) is 0 Å². The molecule has 0 fully saturated rings. The Morgan fingerprint density at radius 1 is 1.35 bits per heavy atom. The predicted octanol–water partition coefficient (Wildman–Crippen LogP) is 2.28. The minimum atomic E-state index is 0.805. The summed E-state index contributed by atoms with van der Waals surface area (Å²) in [6.07, 6.45) is 1.06. The molecule has 17 heavy (non-hydrogen) atoms. The van der Waals surface area contributed by atoms with Gasteiger partial charge < -0.3 is 10.1 Å². The molecule has 1 aromatic rings. The van der Waals surface area contributed by atoms with E-state index in [9.17, 15) is 0 Å². The smallest absolute Gasteiger partial charge is 0.0738 e. The van der Waals surface area contributed by atoms with Crippen molar-refractivity contribution in [3.63, 3.8) is 0 Å². The van der Waals surface area contributed by atoms with Crippen molar-refractivity contribution in [1.82, 2.24) is 15.1 Å². The molecule has 0 aliphatic rings. The number of nitrogens with zero attached hydrogens (tertiary/aromatic N) is 2. The van der Waals surface area contributed by atoms with Gasteiger partial charge in [-0.15, -0.1) is 0 Å². The second kappa shape index (κ2) is 7.84. The Morgan fingerprint density at radius 2 is 2.12 bits per heavy atom. The van der Waals surface area contributed by atoms with Crippen molar-refractivity contribution >= 4 is 15.9 Å². The lowest BCUT2D eigenvalue weighted by atomic mass is 10.4. The molecule has 1 N–H and O–H groups in total. The van der Waals surface area contributed by atoms with Crippen LogP contribution in [0.3, 0.4) is 0 Å². The molecule has 0 amide bonds. The lowest BCUT2D eigenvalue weighted by molar-refractivity contribution is 0.144. The largest absolute Gasteiger partial charge is 0.382 e. The zero-order chi connectivity index (χ0) is 12.7. The van der Waals surface area contributed by atoms with Crippen molar-refractivity contribution in [2.75, 3.05) is 26.3 Å². The summed E-state index contributed by atoms with van der Waals surface area (Å²) >= 11 is 3.53. The topological polar surface area (TPSA) is 39.1 Å². The zero-order valence-electron chi connectivity index (χ0n) is 10.9. The third-order valence-electron chi connectivity index (χ3n) is 2.64. The summed E-state index contributed by atoms with van der Waals surface area (Å²) in [5, 5.41) is 7.85. The molecular weight excluding hydrogens is 282 g/mol. The van der Waals surface area contributed by atoms with Gasteiger partial charge in [0.25, 0.3) is 0 Å². The van der Waals surface area contributed by atoms with Gasteiger partial charge in [0.05, 0.1) is 16.7 Å². The first kappa shape index (κ1) is 14.7. The van der Waals surface area contributed by atoms with E-state index in [-0.39, 0.29) is 0 Å². The molecule has 1 rings (SSSR count). The van der Waals surface area contributed by atoms with Gasteiger partial charge in [-0.25, -0.2) is 0 Å². The molecule has 0 spiro atoms. The van der Waals surface area contributed by atoms with Gasteiger partial charge in [-0.05, 0) is 49.7 Å². The van der Waals surface area contributed by atoms with Gasteiger partial charge >= 0.3 is 0 Å². The summed E-state index contributed by atoms with van der Waals surface area (Å²) in [5.41, 5.74) is 2.25. The first-order chi connectivity index (χ1) is 8.16. The average molecular weight is 304 g/mol. The highest BCUT2D eigenvalue weighted by molar-refractivity contribution is 9.10. The monoisotopic (exact) mass is 303 g/mol. The number of rotatable bonds is 8. The Hall–Kier alpha value is -0.390. The highest BCUT2D eigenvalue weighted by Crippen LogP contribution is 2.19. The fourth-order valence-electron chi connectivity index (χ4n) is 1.65. The van der Waals surface area contributed by atoms with E-state index in [1.807, 2.05) is 18.5 Å². The van der Waals surface area contributed by atoms with E-state index in [1.165, 1.54) is 5.69 Å². The van der Waals surface area contributed by atoms with Gasteiger partial charge in [-0.2, -0.15) is 5.10 Å². The molecule has 0 unspecified atom stereocenters. The lowest BCUT2D eigenvalue weighted by Crippen LogP contribution is -2.23. The van der Waals surface area contributed by atoms with E-state index in [1.54, 1.807) is 0 Å². The highest BCUT2D eigenvalue weighted by Gasteiger charge is 2.07. The van der Waals surface area contributed by atoms with E-state index >= 15 is 0 Å². The van der Waals surface area contributed by atoms with Crippen molar-refractivity contribution < 1.29 is 4.74 Å². The van der Waals surface area contributed by atoms with Crippen LogP contribution in [0.15, 0.2) is 4.47 Å². The molecule has 1 aromatic heterocycles. The SMILES string of the molecule is CCOCCCNCCn1nc(C)c(Br)c1C. The van der Waals surface area contributed by atoms with E-state index in [4.69, 9.17) is 4.74 Å². The van der Waals surface area contributed by atoms with Gasteiger partial charge in [-0.1, -0.05) is 0 Å². The Balaban J connectivity index is 2.16. The Kier molecular flexibility index (Phi) is 6.77. The summed E-state index contributed by atoms with van der Waals surface area (Å²) in [7, 11) is 0. The normalized spacial score (nSPS) is 11.1. The standard InChI is InChI=1S/C12H22BrN3O/c1-4-17-9-5-6-14-7-8-16-11(3)12(13)10(2)15-16/h14H,4-9H2,1-3H3. The highest BCUT2D eigenvalue weighted by atomic mass is 79.9. The van der Waals surface area contributed by atoms with Crippen LogP contribution < -0.4 is 5.32 Å². The van der Waals surface area contributed by atoms with Crippen molar-refractivity contribution in [2.24, 2.45) is 0 Å². The van der Waals surface area contributed by atoms with Crippen molar-refractivity contribution in [3.05, 3.63) is 15.9 Å².